The zero-order valence-corrected chi connectivity index (χ0v) is 12.8. The van der Waals surface area contributed by atoms with E-state index in [0.717, 1.165) is 19.4 Å². The van der Waals surface area contributed by atoms with E-state index in [1.807, 2.05) is 18.2 Å². The van der Waals surface area contributed by atoms with Crippen LogP contribution in [0.15, 0.2) is 35.6 Å². The van der Waals surface area contributed by atoms with Crippen LogP contribution in [0.2, 0.25) is 0 Å². The fourth-order valence-electron chi connectivity index (χ4n) is 2.14. The molecule has 1 fully saturated rings. The van der Waals surface area contributed by atoms with Crippen LogP contribution in [0, 0.1) is 0 Å². The van der Waals surface area contributed by atoms with Crippen molar-refractivity contribution in [2.75, 3.05) is 18.9 Å². The van der Waals surface area contributed by atoms with E-state index in [2.05, 4.69) is 20.6 Å². The van der Waals surface area contributed by atoms with Crippen molar-refractivity contribution >= 4 is 17.7 Å². The second kappa shape index (κ2) is 7.37. The molecule has 0 aliphatic carbocycles. The number of nitrogens with one attached hydrogen (secondary N) is 1. The van der Waals surface area contributed by atoms with Gasteiger partial charge in [-0.1, -0.05) is 11.8 Å². The van der Waals surface area contributed by atoms with E-state index in [0.29, 0.717) is 23.1 Å². The van der Waals surface area contributed by atoms with Crippen LogP contribution in [0.5, 0.6) is 0 Å². The minimum absolute atomic E-state index is 0.0153. The highest BCUT2D eigenvalue weighted by Crippen LogP contribution is 2.15. The molecule has 1 aliphatic rings. The molecule has 2 aromatic heterocycles. The maximum Gasteiger partial charge on any atom is 0.230 e. The molecule has 0 bridgehead atoms. The molecule has 1 saturated heterocycles. The molecule has 0 spiro atoms. The van der Waals surface area contributed by atoms with Gasteiger partial charge in [0.1, 0.15) is 5.03 Å². The van der Waals surface area contributed by atoms with Crippen LogP contribution in [-0.2, 0) is 9.53 Å². The molecule has 0 saturated carbocycles. The quantitative estimate of drug-likeness (QED) is 0.802. The Morgan fingerprint density at radius 2 is 2.41 bits per heavy atom. The van der Waals surface area contributed by atoms with Gasteiger partial charge in [0.15, 0.2) is 5.82 Å². The van der Waals surface area contributed by atoms with Crippen LogP contribution < -0.4 is 5.32 Å². The average Bonchev–Trinajstić information content (AvgIpc) is 3.24. The Morgan fingerprint density at radius 3 is 3.09 bits per heavy atom. The lowest BCUT2D eigenvalue weighted by Gasteiger charge is -2.10. The van der Waals surface area contributed by atoms with Crippen LogP contribution >= 0.6 is 11.8 Å². The Kier molecular flexibility index (Phi) is 5.02. The summed E-state index contributed by atoms with van der Waals surface area (Å²) < 4.78 is 7.10. The molecule has 1 aliphatic heterocycles. The molecular formula is C14H17N5O2S. The van der Waals surface area contributed by atoms with E-state index >= 15 is 0 Å². The van der Waals surface area contributed by atoms with Crippen molar-refractivity contribution in [1.29, 1.82) is 0 Å². The van der Waals surface area contributed by atoms with E-state index in [1.54, 1.807) is 17.1 Å². The summed E-state index contributed by atoms with van der Waals surface area (Å²) in [4.78, 5) is 11.8. The zero-order valence-electron chi connectivity index (χ0n) is 12.0. The minimum Gasteiger partial charge on any atom is -0.376 e. The van der Waals surface area contributed by atoms with Crippen LogP contribution in [0.4, 0.5) is 0 Å². The van der Waals surface area contributed by atoms with Crippen LogP contribution in [-0.4, -0.2) is 50.9 Å². The molecule has 1 unspecified atom stereocenters. The molecule has 7 nitrogen and oxygen atoms in total. The van der Waals surface area contributed by atoms with Crippen molar-refractivity contribution in [1.82, 2.24) is 25.3 Å². The summed E-state index contributed by atoms with van der Waals surface area (Å²) in [5.74, 6) is 0.957. The highest BCUT2D eigenvalue weighted by molar-refractivity contribution is 7.99. The van der Waals surface area contributed by atoms with Crippen molar-refractivity contribution < 1.29 is 9.53 Å². The van der Waals surface area contributed by atoms with E-state index in [4.69, 9.17) is 4.74 Å². The van der Waals surface area contributed by atoms with Crippen molar-refractivity contribution in [2.24, 2.45) is 0 Å². The molecule has 0 aromatic carbocycles. The first-order valence-corrected chi connectivity index (χ1v) is 8.15. The second-order valence-electron chi connectivity index (χ2n) is 4.91. The first-order chi connectivity index (χ1) is 10.8. The molecule has 1 N–H and O–H groups in total. The maximum atomic E-state index is 11.8. The standard InChI is InChI=1S/C14H17N5O2S/c20-13(15-9-11-3-1-8-21-11)10-22-14-5-4-12(17-18-14)19-7-2-6-16-19/h2,4-7,11H,1,3,8-10H2,(H,15,20). The Morgan fingerprint density at radius 1 is 1.45 bits per heavy atom. The van der Waals surface area contributed by atoms with Gasteiger partial charge in [0, 0.05) is 25.5 Å². The largest absolute Gasteiger partial charge is 0.376 e. The maximum absolute atomic E-state index is 11.8. The summed E-state index contributed by atoms with van der Waals surface area (Å²) >= 11 is 1.36. The summed E-state index contributed by atoms with van der Waals surface area (Å²) in [5, 5.41) is 15.9. The van der Waals surface area contributed by atoms with Crippen molar-refractivity contribution in [3.05, 3.63) is 30.6 Å². The number of nitrogens with zero attached hydrogens (tertiary/aromatic N) is 4. The van der Waals surface area contributed by atoms with Gasteiger partial charge >= 0.3 is 0 Å². The number of carbonyl (C=O) groups excluding carboxylic acids is 1. The Labute approximate surface area is 132 Å². The summed E-state index contributed by atoms with van der Waals surface area (Å²) in [6.07, 6.45) is 5.75. The molecule has 3 rings (SSSR count). The Hall–Kier alpha value is -1.93. The third-order valence-electron chi connectivity index (χ3n) is 3.27. The third-order valence-corrected chi connectivity index (χ3v) is 4.19. The lowest BCUT2D eigenvalue weighted by molar-refractivity contribution is -0.119. The van der Waals surface area contributed by atoms with Gasteiger partial charge in [-0.2, -0.15) is 5.10 Å². The number of thioether (sulfide) groups is 1. The molecule has 1 amide bonds. The number of amides is 1. The smallest absolute Gasteiger partial charge is 0.230 e. The molecule has 116 valence electrons. The molecule has 2 aromatic rings. The molecule has 3 heterocycles. The second-order valence-corrected chi connectivity index (χ2v) is 5.90. The number of hydrogen-bond acceptors (Lipinski definition) is 6. The highest BCUT2D eigenvalue weighted by Gasteiger charge is 2.16. The van der Waals surface area contributed by atoms with E-state index in [-0.39, 0.29) is 12.0 Å². The topological polar surface area (TPSA) is 81.9 Å². The van der Waals surface area contributed by atoms with Gasteiger partial charge in [0.05, 0.1) is 11.9 Å². The Balaban J connectivity index is 1.43. The average molecular weight is 319 g/mol. The first kappa shape index (κ1) is 15.0. The van der Waals surface area contributed by atoms with Gasteiger partial charge < -0.3 is 10.1 Å². The van der Waals surface area contributed by atoms with Crippen molar-refractivity contribution in [2.45, 2.75) is 24.0 Å². The number of carbonyl (C=O) groups is 1. The van der Waals surface area contributed by atoms with Gasteiger partial charge in [-0.25, -0.2) is 4.68 Å². The summed E-state index contributed by atoms with van der Waals surface area (Å²) in [6, 6.07) is 5.48. The number of rotatable bonds is 6. The molecule has 8 heteroatoms. The van der Waals surface area contributed by atoms with Crippen molar-refractivity contribution in [3.63, 3.8) is 0 Å². The van der Waals surface area contributed by atoms with E-state index in [9.17, 15) is 4.79 Å². The molecule has 1 atom stereocenters. The predicted molar refractivity (Wildman–Crippen MR) is 81.9 cm³/mol. The third kappa shape index (κ3) is 4.05. The van der Waals surface area contributed by atoms with Crippen LogP contribution in [0.25, 0.3) is 5.82 Å². The Bertz CT molecular complexity index is 596. The fourth-order valence-corrected chi connectivity index (χ4v) is 2.78. The number of hydrogen-bond donors (Lipinski definition) is 1. The molecule has 22 heavy (non-hydrogen) atoms. The summed E-state index contributed by atoms with van der Waals surface area (Å²) in [7, 11) is 0. The first-order valence-electron chi connectivity index (χ1n) is 7.16. The van der Waals surface area contributed by atoms with Crippen LogP contribution in [0.1, 0.15) is 12.8 Å². The summed E-state index contributed by atoms with van der Waals surface area (Å²) in [5.41, 5.74) is 0. The highest BCUT2D eigenvalue weighted by atomic mass is 32.2. The van der Waals surface area contributed by atoms with Crippen molar-refractivity contribution in [3.8, 4) is 5.82 Å². The lowest BCUT2D eigenvalue weighted by Crippen LogP contribution is -2.32. The SMILES string of the molecule is O=C(CSc1ccc(-n2cccn2)nn1)NCC1CCCO1. The number of ether oxygens (including phenoxy) is 1. The predicted octanol–water partition coefficient (Wildman–Crippen LogP) is 1.05. The van der Waals surface area contributed by atoms with Gasteiger partial charge in [0.25, 0.3) is 0 Å². The van der Waals surface area contributed by atoms with Crippen LogP contribution in [0.3, 0.4) is 0 Å². The monoisotopic (exact) mass is 319 g/mol. The van der Waals surface area contributed by atoms with E-state index in [1.165, 1.54) is 11.8 Å². The minimum atomic E-state index is -0.0153. The lowest BCUT2D eigenvalue weighted by atomic mass is 10.2. The molecule has 0 radical (unpaired) electrons. The normalized spacial score (nSPS) is 17.5. The number of aromatic nitrogens is 4. The van der Waals surface area contributed by atoms with Gasteiger partial charge in [0.2, 0.25) is 5.91 Å². The van der Waals surface area contributed by atoms with Gasteiger partial charge in [-0.05, 0) is 31.0 Å². The zero-order chi connectivity index (χ0) is 15.2. The summed E-state index contributed by atoms with van der Waals surface area (Å²) in [6.45, 7) is 1.39. The van der Waals surface area contributed by atoms with Gasteiger partial charge in [-0.3, -0.25) is 4.79 Å². The fraction of sp³-hybridized carbons (Fsp3) is 0.429. The van der Waals surface area contributed by atoms with Gasteiger partial charge in [-0.15, -0.1) is 10.2 Å². The molecular weight excluding hydrogens is 302 g/mol. The van der Waals surface area contributed by atoms with E-state index < -0.39 is 0 Å².